The Hall–Kier alpha value is -3.27. The summed E-state index contributed by atoms with van der Waals surface area (Å²) in [4.78, 5) is 34.8. The largest absolute Gasteiger partial charge is 0.502 e. The Morgan fingerprint density at radius 3 is 2.75 bits per heavy atom. The van der Waals surface area contributed by atoms with Gasteiger partial charge in [0, 0.05) is 28.6 Å². The van der Waals surface area contributed by atoms with Gasteiger partial charge in [0.05, 0.1) is 11.1 Å². The van der Waals surface area contributed by atoms with Crippen LogP contribution in [0.5, 0.6) is 5.75 Å². The molecule has 2 atom stereocenters. The number of aromatic hydroxyl groups is 1. The zero-order chi connectivity index (χ0) is 20.3. The number of phenolic OH excluding ortho intramolecular Hbond substituents is 1. The molecule has 0 bridgehead atoms. The van der Waals surface area contributed by atoms with Gasteiger partial charge in [-0.15, -0.1) is 0 Å². The van der Waals surface area contributed by atoms with E-state index in [-0.39, 0.29) is 11.5 Å². The number of halogens is 1. The molecule has 1 saturated heterocycles. The Morgan fingerprint density at radius 1 is 1.36 bits per heavy atom. The van der Waals surface area contributed by atoms with E-state index < -0.39 is 34.1 Å². The number of benzene rings is 2. The quantitative estimate of drug-likeness (QED) is 0.279. The van der Waals surface area contributed by atoms with Gasteiger partial charge in [-0.05, 0) is 11.6 Å². The number of hydrogen-bond donors (Lipinski definition) is 3. The minimum Gasteiger partial charge on any atom is -0.502 e. The molecule has 10 heteroatoms. The molecule has 1 aliphatic heterocycles. The maximum Gasteiger partial charge on any atom is 0.312 e. The Balaban J connectivity index is 1.76. The molecular formula is C18H15BrN4O5. The summed E-state index contributed by atoms with van der Waals surface area (Å²) in [5.74, 6) is -2.87. The summed E-state index contributed by atoms with van der Waals surface area (Å²) in [6.45, 7) is 0.337. The van der Waals surface area contributed by atoms with Crippen molar-refractivity contribution in [2.75, 3.05) is 6.54 Å². The van der Waals surface area contributed by atoms with Crippen molar-refractivity contribution in [3.63, 3.8) is 0 Å². The number of nitrogens with one attached hydrogen (secondary N) is 2. The number of nitro groups is 1. The lowest BCUT2D eigenvalue weighted by Gasteiger charge is -2.15. The predicted octanol–water partition coefficient (Wildman–Crippen LogP) is 2.04. The van der Waals surface area contributed by atoms with Crippen LogP contribution in [0.15, 0.2) is 52.0 Å². The molecule has 9 nitrogen and oxygen atoms in total. The van der Waals surface area contributed by atoms with E-state index in [9.17, 15) is 24.8 Å². The Labute approximate surface area is 167 Å². The lowest BCUT2D eigenvalue weighted by atomic mass is 9.88. The molecular weight excluding hydrogens is 432 g/mol. The van der Waals surface area contributed by atoms with Crippen molar-refractivity contribution in [1.29, 1.82) is 0 Å². The monoisotopic (exact) mass is 446 g/mol. The van der Waals surface area contributed by atoms with Crippen LogP contribution in [0.25, 0.3) is 0 Å². The molecule has 1 heterocycles. The average Bonchev–Trinajstić information content (AvgIpc) is 3.06. The van der Waals surface area contributed by atoms with Crippen molar-refractivity contribution in [3.05, 3.63) is 68.2 Å². The fourth-order valence-electron chi connectivity index (χ4n) is 3.01. The fourth-order valence-corrected chi connectivity index (χ4v) is 3.47. The van der Waals surface area contributed by atoms with Gasteiger partial charge in [0.2, 0.25) is 11.7 Å². The third kappa shape index (κ3) is 4.01. The normalized spacial score (nSPS) is 18.8. The van der Waals surface area contributed by atoms with E-state index in [0.29, 0.717) is 11.0 Å². The first-order valence-corrected chi connectivity index (χ1v) is 9.00. The summed E-state index contributed by atoms with van der Waals surface area (Å²) in [7, 11) is 0. The highest BCUT2D eigenvalue weighted by Crippen LogP contribution is 2.32. The average molecular weight is 447 g/mol. The molecule has 0 unspecified atom stereocenters. The molecule has 0 saturated carbocycles. The van der Waals surface area contributed by atoms with Crippen molar-refractivity contribution in [1.82, 2.24) is 10.7 Å². The molecule has 0 radical (unpaired) electrons. The van der Waals surface area contributed by atoms with Gasteiger partial charge in [-0.3, -0.25) is 19.7 Å². The number of amides is 2. The predicted molar refractivity (Wildman–Crippen MR) is 104 cm³/mol. The van der Waals surface area contributed by atoms with E-state index in [2.05, 4.69) is 31.8 Å². The van der Waals surface area contributed by atoms with Gasteiger partial charge in [-0.2, -0.15) is 5.10 Å². The maximum absolute atomic E-state index is 12.5. The van der Waals surface area contributed by atoms with E-state index in [1.54, 1.807) is 0 Å². The van der Waals surface area contributed by atoms with E-state index in [4.69, 9.17) is 0 Å². The van der Waals surface area contributed by atoms with Crippen LogP contribution in [0.2, 0.25) is 0 Å². The van der Waals surface area contributed by atoms with Crippen LogP contribution < -0.4 is 10.7 Å². The van der Waals surface area contributed by atoms with Gasteiger partial charge in [-0.25, -0.2) is 5.43 Å². The molecule has 1 aliphatic rings. The minimum absolute atomic E-state index is 0.0388. The van der Waals surface area contributed by atoms with Gasteiger partial charge in [0.1, 0.15) is 5.92 Å². The third-order valence-electron chi connectivity index (χ3n) is 4.35. The number of rotatable bonds is 5. The number of nitro benzene ring substituents is 1. The summed E-state index contributed by atoms with van der Waals surface area (Å²) in [5, 5.41) is 27.3. The number of nitrogens with zero attached hydrogens (tertiary/aromatic N) is 2. The first-order chi connectivity index (χ1) is 13.4. The van der Waals surface area contributed by atoms with E-state index >= 15 is 0 Å². The molecule has 0 spiro atoms. The first kappa shape index (κ1) is 19.5. The molecule has 0 aromatic heterocycles. The Bertz CT molecular complexity index is 964. The second kappa shape index (κ2) is 8.17. The Morgan fingerprint density at radius 2 is 2.07 bits per heavy atom. The van der Waals surface area contributed by atoms with Crippen LogP contribution in [0.3, 0.4) is 0 Å². The summed E-state index contributed by atoms with van der Waals surface area (Å²) >= 11 is 3.11. The molecule has 3 rings (SSSR count). The SMILES string of the molecule is O=C1NC[C@@H](c2ccccc2)[C@H]1C(=O)NN=Cc1cc(Br)cc([N+](=O)[O-])c1O. The lowest BCUT2D eigenvalue weighted by molar-refractivity contribution is -0.385. The molecule has 2 aromatic rings. The van der Waals surface area contributed by atoms with Crippen molar-refractivity contribution in [2.45, 2.75) is 5.92 Å². The number of carbonyl (C=O) groups excluding carboxylic acids is 2. The second-order valence-corrected chi connectivity index (χ2v) is 7.01. The summed E-state index contributed by atoms with van der Waals surface area (Å²) < 4.78 is 0.365. The fraction of sp³-hybridized carbons (Fsp3) is 0.167. The van der Waals surface area contributed by atoms with Gasteiger partial charge < -0.3 is 10.4 Å². The first-order valence-electron chi connectivity index (χ1n) is 8.21. The number of carbonyl (C=O) groups is 2. The van der Waals surface area contributed by atoms with Crippen LogP contribution in [-0.2, 0) is 9.59 Å². The van der Waals surface area contributed by atoms with Gasteiger partial charge in [0.15, 0.2) is 0 Å². The van der Waals surface area contributed by atoms with Gasteiger partial charge in [0.25, 0.3) is 5.91 Å². The van der Waals surface area contributed by atoms with Crippen LogP contribution in [0, 0.1) is 16.0 Å². The van der Waals surface area contributed by atoms with Crippen LogP contribution >= 0.6 is 15.9 Å². The van der Waals surface area contributed by atoms with E-state index in [1.165, 1.54) is 6.07 Å². The zero-order valence-electron chi connectivity index (χ0n) is 14.3. The van der Waals surface area contributed by atoms with Crippen LogP contribution in [-0.4, -0.2) is 34.6 Å². The summed E-state index contributed by atoms with van der Waals surface area (Å²) in [6.07, 6.45) is 1.08. The standard InChI is InChI=1S/C18H15BrN4O5/c19-12-6-11(16(24)14(7-12)23(27)28)8-21-22-18(26)15-13(9-20-17(15)25)10-4-2-1-3-5-10/h1-8,13,15,24H,9H2,(H,20,25)(H,22,26)/t13-,15+/m0/s1. The highest BCUT2D eigenvalue weighted by Gasteiger charge is 2.40. The molecule has 28 heavy (non-hydrogen) atoms. The van der Waals surface area contributed by atoms with Crippen molar-refractivity contribution in [2.24, 2.45) is 11.0 Å². The summed E-state index contributed by atoms with van der Waals surface area (Å²) in [6, 6.07) is 11.7. The Kier molecular flexibility index (Phi) is 5.69. The second-order valence-electron chi connectivity index (χ2n) is 6.09. The molecule has 2 amide bonds. The topological polar surface area (TPSA) is 134 Å². The number of hydrogen-bond acceptors (Lipinski definition) is 6. The molecule has 1 fully saturated rings. The minimum atomic E-state index is -0.954. The van der Waals surface area contributed by atoms with Gasteiger partial charge >= 0.3 is 5.69 Å². The number of phenols is 1. The molecule has 2 aromatic carbocycles. The lowest BCUT2D eigenvalue weighted by Crippen LogP contribution is -2.34. The number of hydrazone groups is 1. The van der Waals surface area contributed by atoms with Crippen molar-refractivity contribution in [3.8, 4) is 5.75 Å². The highest BCUT2D eigenvalue weighted by molar-refractivity contribution is 9.10. The third-order valence-corrected chi connectivity index (χ3v) is 4.81. The van der Waals surface area contributed by atoms with E-state index in [0.717, 1.165) is 17.8 Å². The molecule has 3 N–H and O–H groups in total. The van der Waals surface area contributed by atoms with Crippen molar-refractivity contribution >= 4 is 39.6 Å². The van der Waals surface area contributed by atoms with E-state index in [1.807, 2.05) is 30.3 Å². The smallest absolute Gasteiger partial charge is 0.312 e. The van der Waals surface area contributed by atoms with Crippen LogP contribution in [0.1, 0.15) is 17.0 Å². The molecule has 144 valence electrons. The van der Waals surface area contributed by atoms with Gasteiger partial charge in [-0.1, -0.05) is 46.3 Å². The van der Waals surface area contributed by atoms with Crippen molar-refractivity contribution < 1.29 is 19.6 Å². The van der Waals surface area contributed by atoms with Crippen LogP contribution in [0.4, 0.5) is 5.69 Å². The zero-order valence-corrected chi connectivity index (χ0v) is 15.9. The maximum atomic E-state index is 12.5. The molecule has 0 aliphatic carbocycles. The highest BCUT2D eigenvalue weighted by atomic mass is 79.9. The summed E-state index contributed by atoms with van der Waals surface area (Å²) in [5.41, 5.74) is 2.66.